The Hall–Kier alpha value is -3.95. The first kappa shape index (κ1) is 27.6. The lowest BCUT2D eigenvalue weighted by molar-refractivity contribution is 0.0203. The zero-order chi connectivity index (χ0) is 28.4. The maximum atomic E-state index is 14.9. The van der Waals surface area contributed by atoms with Crippen molar-refractivity contribution >= 4 is 17.7 Å². The van der Waals surface area contributed by atoms with E-state index < -0.39 is 17.2 Å². The number of ether oxygens (including phenoxy) is 1. The molecule has 10 heteroatoms. The van der Waals surface area contributed by atoms with Gasteiger partial charge in [-0.15, -0.1) is 0 Å². The number of aromatic nitrogens is 2. The molecule has 8 nitrogen and oxygen atoms in total. The number of halogens is 2. The van der Waals surface area contributed by atoms with E-state index >= 15 is 0 Å². The molecular formula is C30H35F2N5O3. The van der Waals surface area contributed by atoms with Crippen LogP contribution >= 0.6 is 0 Å². The molecule has 2 amide bonds. The molecule has 1 aromatic heterocycles. The highest BCUT2D eigenvalue weighted by Gasteiger charge is 2.34. The Morgan fingerprint density at radius 1 is 0.900 bits per heavy atom. The number of carbonyl (C=O) groups is 2. The van der Waals surface area contributed by atoms with Gasteiger partial charge in [-0.05, 0) is 57.9 Å². The molecule has 40 heavy (non-hydrogen) atoms. The SMILES string of the molecule is CC(C)(C)OC(=O)N1CCC(c2c(C(=O)N3CCN(c4ccccc4)CC3)cnn2-c2ccc(F)cc2F)CC1. The fourth-order valence-electron chi connectivity index (χ4n) is 5.40. The van der Waals surface area contributed by atoms with E-state index in [1.165, 1.54) is 23.0 Å². The number of para-hydroxylation sites is 1. The van der Waals surface area contributed by atoms with Crippen LogP contribution in [-0.4, -0.2) is 76.5 Å². The van der Waals surface area contributed by atoms with E-state index in [-0.39, 0.29) is 23.6 Å². The first-order valence-corrected chi connectivity index (χ1v) is 13.7. The molecular weight excluding hydrogens is 516 g/mol. The van der Waals surface area contributed by atoms with Crippen molar-refractivity contribution in [2.75, 3.05) is 44.2 Å². The van der Waals surface area contributed by atoms with Gasteiger partial charge in [0.15, 0.2) is 5.82 Å². The van der Waals surface area contributed by atoms with Crippen molar-refractivity contribution in [2.24, 2.45) is 0 Å². The van der Waals surface area contributed by atoms with Gasteiger partial charge >= 0.3 is 6.09 Å². The average Bonchev–Trinajstić information content (AvgIpc) is 3.37. The van der Waals surface area contributed by atoms with Gasteiger partial charge in [-0.2, -0.15) is 5.10 Å². The van der Waals surface area contributed by atoms with Crippen molar-refractivity contribution in [1.82, 2.24) is 19.6 Å². The predicted molar refractivity (Wildman–Crippen MR) is 148 cm³/mol. The zero-order valence-electron chi connectivity index (χ0n) is 23.1. The Morgan fingerprint density at radius 3 is 2.20 bits per heavy atom. The standard InChI is InChI=1S/C30H35F2N5O3/c1-30(2,3)40-29(39)36-13-11-21(12-14-36)27-24(20-33-37(27)26-10-9-22(31)19-25(26)32)28(38)35-17-15-34(16-18-35)23-7-5-4-6-8-23/h4-10,19-21H,11-18H2,1-3H3. The quantitative estimate of drug-likeness (QED) is 0.444. The van der Waals surface area contributed by atoms with Gasteiger partial charge in [-0.3, -0.25) is 4.79 Å². The Morgan fingerprint density at radius 2 is 1.57 bits per heavy atom. The number of hydrogen-bond acceptors (Lipinski definition) is 5. The van der Waals surface area contributed by atoms with E-state index in [4.69, 9.17) is 4.74 Å². The number of anilines is 1. The van der Waals surface area contributed by atoms with Crippen LogP contribution in [0.5, 0.6) is 0 Å². The number of carbonyl (C=O) groups excluding carboxylic acids is 2. The smallest absolute Gasteiger partial charge is 0.410 e. The molecule has 3 heterocycles. The second-order valence-electron chi connectivity index (χ2n) is 11.3. The third-order valence-electron chi connectivity index (χ3n) is 7.40. The van der Waals surface area contributed by atoms with Gasteiger partial charge in [0.05, 0.1) is 17.5 Å². The molecule has 5 rings (SSSR count). The topological polar surface area (TPSA) is 70.9 Å². The lowest BCUT2D eigenvalue weighted by atomic mass is 9.90. The summed E-state index contributed by atoms with van der Waals surface area (Å²) in [6.07, 6.45) is 2.22. The number of rotatable bonds is 4. The third kappa shape index (κ3) is 5.95. The van der Waals surface area contributed by atoms with Crippen LogP contribution in [0.3, 0.4) is 0 Å². The van der Waals surface area contributed by atoms with Crippen LogP contribution in [-0.2, 0) is 4.74 Å². The van der Waals surface area contributed by atoms with Gasteiger partial charge < -0.3 is 19.4 Å². The van der Waals surface area contributed by atoms with Gasteiger partial charge in [0.25, 0.3) is 5.91 Å². The highest BCUT2D eigenvalue weighted by atomic mass is 19.1. The van der Waals surface area contributed by atoms with Crippen molar-refractivity contribution in [3.05, 3.63) is 77.6 Å². The molecule has 0 atom stereocenters. The molecule has 2 fully saturated rings. The Balaban J connectivity index is 1.39. The van der Waals surface area contributed by atoms with Gasteiger partial charge in [0.1, 0.15) is 17.1 Å². The van der Waals surface area contributed by atoms with Crippen molar-refractivity contribution in [1.29, 1.82) is 0 Å². The van der Waals surface area contributed by atoms with Gasteiger partial charge in [0, 0.05) is 56.9 Å². The maximum absolute atomic E-state index is 14.9. The number of amides is 2. The fourth-order valence-corrected chi connectivity index (χ4v) is 5.40. The molecule has 0 aliphatic carbocycles. The summed E-state index contributed by atoms with van der Waals surface area (Å²) in [5.74, 6) is -1.76. The molecule has 0 N–H and O–H groups in total. The number of piperidine rings is 1. The summed E-state index contributed by atoms with van der Waals surface area (Å²) in [6, 6.07) is 13.4. The molecule has 0 saturated carbocycles. The summed E-state index contributed by atoms with van der Waals surface area (Å²) in [5.41, 5.74) is 1.60. The number of nitrogens with zero attached hydrogens (tertiary/aromatic N) is 5. The first-order chi connectivity index (χ1) is 19.1. The summed E-state index contributed by atoms with van der Waals surface area (Å²) in [4.78, 5) is 32.2. The second-order valence-corrected chi connectivity index (χ2v) is 11.3. The van der Waals surface area contributed by atoms with Crippen molar-refractivity contribution in [3.8, 4) is 5.69 Å². The molecule has 2 aromatic carbocycles. The van der Waals surface area contributed by atoms with E-state index in [2.05, 4.69) is 22.1 Å². The second kappa shape index (κ2) is 11.3. The van der Waals surface area contributed by atoms with Crippen LogP contribution in [0.2, 0.25) is 0 Å². The third-order valence-corrected chi connectivity index (χ3v) is 7.40. The van der Waals surface area contributed by atoms with Crippen molar-refractivity contribution in [3.63, 3.8) is 0 Å². The largest absolute Gasteiger partial charge is 0.444 e. The van der Waals surface area contributed by atoms with E-state index in [9.17, 15) is 18.4 Å². The zero-order valence-corrected chi connectivity index (χ0v) is 23.1. The summed E-state index contributed by atoms with van der Waals surface area (Å²) >= 11 is 0. The van der Waals surface area contributed by atoms with Crippen molar-refractivity contribution in [2.45, 2.75) is 45.1 Å². The van der Waals surface area contributed by atoms with E-state index in [0.29, 0.717) is 63.4 Å². The van der Waals surface area contributed by atoms with E-state index in [1.807, 2.05) is 39.0 Å². The minimum atomic E-state index is -0.758. The predicted octanol–water partition coefficient (Wildman–Crippen LogP) is 5.23. The molecule has 0 radical (unpaired) electrons. The Labute approximate surface area is 233 Å². The normalized spacial score (nSPS) is 16.8. The van der Waals surface area contributed by atoms with Crippen LogP contribution in [0.1, 0.15) is 55.6 Å². The molecule has 3 aromatic rings. The molecule has 2 aliphatic heterocycles. The molecule has 2 saturated heterocycles. The highest BCUT2D eigenvalue weighted by Crippen LogP contribution is 2.34. The molecule has 0 spiro atoms. The molecule has 2 aliphatic rings. The number of likely N-dealkylation sites (tertiary alicyclic amines) is 1. The van der Waals surface area contributed by atoms with Crippen molar-refractivity contribution < 1.29 is 23.1 Å². The minimum absolute atomic E-state index is 0.0823. The number of hydrogen-bond donors (Lipinski definition) is 0. The fraction of sp³-hybridized carbons (Fsp3) is 0.433. The first-order valence-electron chi connectivity index (χ1n) is 13.7. The lowest BCUT2D eigenvalue weighted by Crippen LogP contribution is -2.49. The number of benzene rings is 2. The van der Waals surface area contributed by atoms with E-state index in [1.54, 1.807) is 9.80 Å². The van der Waals surface area contributed by atoms with Crippen LogP contribution in [0.25, 0.3) is 5.69 Å². The maximum Gasteiger partial charge on any atom is 0.410 e. The monoisotopic (exact) mass is 551 g/mol. The van der Waals surface area contributed by atoms with Gasteiger partial charge in [0.2, 0.25) is 0 Å². The summed E-state index contributed by atoms with van der Waals surface area (Å²) in [7, 11) is 0. The highest BCUT2D eigenvalue weighted by molar-refractivity contribution is 5.95. The Bertz CT molecular complexity index is 1360. The lowest BCUT2D eigenvalue weighted by Gasteiger charge is -2.37. The van der Waals surface area contributed by atoms with Crippen LogP contribution in [0.15, 0.2) is 54.7 Å². The van der Waals surface area contributed by atoms with Crippen LogP contribution in [0, 0.1) is 11.6 Å². The minimum Gasteiger partial charge on any atom is -0.444 e. The van der Waals surface area contributed by atoms with Crippen LogP contribution in [0.4, 0.5) is 19.3 Å². The average molecular weight is 552 g/mol. The van der Waals surface area contributed by atoms with Crippen LogP contribution < -0.4 is 4.90 Å². The van der Waals surface area contributed by atoms with Gasteiger partial charge in [-0.25, -0.2) is 18.3 Å². The summed E-state index contributed by atoms with van der Waals surface area (Å²) in [6.45, 7) is 8.81. The molecule has 0 unspecified atom stereocenters. The molecule has 212 valence electrons. The summed E-state index contributed by atoms with van der Waals surface area (Å²) in [5, 5.41) is 4.42. The molecule has 0 bridgehead atoms. The van der Waals surface area contributed by atoms with Gasteiger partial charge in [-0.1, -0.05) is 18.2 Å². The summed E-state index contributed by atoms with van der Waals surface area (Å²) < 4.78 is 35.6. The number of piperazine rings is 1. The Kier molecular flexibility index (Phi) is 7.78. The van der Waals surface area contributed by atoms with E-state index in [0.717, 1.165) is 11.8 Å².